The van der Waals surface area contributed by atoms with E-state index >= 15 is 0 Å². The molecule has 4 N–H and O–H groups in total. The van der Waals surface area contributed by atoms with Crippen molar-refractivity contribution in [3.05, 3.63) is 18.2 Å². The fraction of sp³-hybridized carbons (Fsp3) is 0.222. The third-order valence-electron chi connectivity index (χ3n) is 1.64. The van der Waals surface area contributed by atoms with Crippen LogP contribution in [0.1, 0.15) is 6.42 Å². The van der Waals surface area contributed by atoms with Crippen LogP contribution in [0.15, 0.2) is 18.2 Å². The Bertz CT molecular complexity index is 338. The lowest BCUT2D eigenvalue weighted by Crippen LogP contribution is -2.07. The van der Waals surface area contributed by atoms with Gasteiger partial charge in [0, 0.05) is 12.6 Å². The van der Waals surface area contributed by atoms with Crippen molar-refractivity contribution in [3.8, 4) is 11.5 Å². The molecule has 1 aromatic carbocycles. The normalized spacial score (nSPS) is 9.71. The average Bonchev–Trinajstić information content (AvgIpc) is 2.08. The number of phenols is 2. The zero-order chi connectivity index (χ0) is 10.6. The highest BCUT2D eigenvalue weighted by molar-refractivity contribution is 5.68. The van der Waals surface area contributed by atoms with E-state index in [-0.39, 0.29) is 24.5 Å². The van der Waals surface area contributed by atoms with Crippen LogP contribution < -0.4 is 5.32 Å². The minimum atomic E-state index is -0.907. The van der Waals surface area contributed by atoms with Gasteiger partial charge in [-0.3, -0.25) is 4.79 Å². The van der Waals surface area contributed by atoms with E-state index in [1.54, 1.807) is 0 Å². The second-order valence-corrected chi connectivity index (χ2v) is 2.77. The van der Waals surface area contributed by atoms with E-state index in [0.29, 0.717) is 5.69 Å². The molecule has 0 aliphatic heterocycles. The quantitative estimate of drug-likeness (QED) is 0.427. The highest BCUT2D eigenvalue weighted by Gasteiger charge is 2.02. The number of hydrogen-bond acceptors (Lipinski definition) is 4. The Balaban J connectivity index is 2.55. The summed E-state index contributed by atoms with van der Waals surface area (Å²) in [4.78, 5) is 10.2. The summed E-state index contributed by atoms with van der Waals surface area (Å²) in [6.45, 7) is 0.230. The Morgan fingerprint density at radius 2 is 2.07 bits per heavy atom. The minimum absolute atomic E-state index is 0.0275. The predicted molar refractivity (Wildman–Crippen MR) is 50.5 cm³/mol. The van der Waals surface area contributed by atoms with E-state index in [1.165, 1.54) is 18.2 Å². The molecule has 0 spiro atoms. The Kier molecular flexibility index (Phi) is 3.17. The number of phenolic OH excluding ortho intramolecular Hbond substituents is 2. The summed E-state index contributed by atoms with van der Waals surface area (Å²) in [5.41, 5.74) is 0.407. The van der Waals surface area contributed by atoms with Gasteiger partial charge in [0.2, 0.25) is 0 Å². The van der Waals surface area contributed by atoms with Crippen LogP contribution in [0.5, 0.6) is 11.5 Å². The van der Waals surface area contributed by atoms with Crippen LogP contribution in [0.25, 0.3) is 0 Å². The predicted octanol–water partition coefficient (Wildman–Crippen LogP) is 0.984. The number of aromatic hydroxyl groups is 2. The zero-order valence-corrected chi connectivity index (χ0v) is 7.40. The van der Waals surface area contributed by atoms with Crippen molar-refractivity contribution >= 4 is 11.7 Å². The largest absolute Gasteiger partial charge is 0.508 e. The van der Waals surface area contributed by atoms with Gasteiger partial charge in [0.15, 0.2) is 0 Å². The third-order valence-corrected chi connectivity index (χ3v) is 1.64. The van der Waals surface area contributed by atoms with Crippen molar-refractivity contribution < 1.29 is 20.1 Å². The standard InChI is InChI=1S/C9H11NO4/c11-6-1-2-7(8(12)5-6)10-4-3-9(13)14/h1-2,5,10-12H,3-4H2,(H,13,14). The summed E-state index contributed by atoms with van der Waals surface area (Å²) in [5, 5.41) is 29.3. The molecule has 0 saturated heterocycles. The third kappa shape index (κ3) is 2.85. The maximum Gasteiger partial charge on any atom is 0.305 e. The van der Waals surface area contributed by atoms with Crippen LogP contribution in [-0.2, 0) is 4.79 Å². The van der Waals surface area contributed by atoms with Crippen LogP contribution in [0.2, 0.25) is 0 Å². The molecule has 0 bridgehead atoms. The van der Waals surface area contributed by atoms with Crippen LogP contribution in [0.4, 0.5) is 5.69 Å². The average molecular weight is 197 g/mol. The van der Waals surface area contributed by atoms with Crippen LogP contribution in [0.3, 0.4) is 0 Å². The molecule has 5 nitrogen and oxygen atoms in total. The second-order valence-electron chi connectivity index (χ2n) is 2.77. The molecule has 0 aliphatic rings. The van der Waals surface area contributed by atoms with E-state index in [2.05, 4.69) is 5.32 Å². The maximum absolute atomic E-state index is 10.2. The van der Waals surface area contributed by atoms with Gasteiger partial charge >= 0.3 is 5.97 Å². The van der Waals surface area contributed by atoms with Gasteiger partial charge < -0.3 is 20.6 Å². The number of hydrogen-bond donors (Lipinski definition) is 4. The van der Waals surface area contributed by atoms with E-state index in [1.807, 2.05) is 0 Å². The number of nitrogens with one attached hydrogen (secondary N) is 1. The first-order valence-electron chi connectivity index (χ1n) is 4.07. The lowest BCUT2D eigenvalue weighted by molar-refractivity contribution is -0.136. The fourth-order valence-corrected chi connectivity index (χ4v) is 0.974. The van der Waals surface area contributed by atoms with Gasteiger partial charge in [0.1, 0.15) is 11.5 Å². The number of benzene rings is 1. The Hall–Kier alpha value is -1.91. The number of carbonyl (C=O) groups is 1. The van der Waals surface area contributed by atoms with Crippen molar-refractivity contribution in [2.45, 2.75) is 6.42 Å². The van der Waals surface area contributed by atoms with Crippen molar-refractivity contribution in [2.24, 2.45) is 0 Å². The van der Waals surface area contributed by atoms with E-state index < -0.39 is 5.97 Å². The molecule has 0 amide bonds. The number of carboxylic acid groups (broad SMARTS) is 1. The number of carboxylic acids is 1. The molecule has 0 atom stereocenters. The first-order chi connectivity index (χ1) is 6.59. The molecule has 0 heterocycles. The van der Waals surface area contributed by atoms with Crippen LogP contribution in [-0.4, -0.2) is 27.8 Å². The Morgan fingerprint density at radius 1 is 1.36 bits per heavy atom. The Morgan fingerprint density at radius 3 is 2.64 bits per heavy atom. The highest BCUT2D eigenvalue weighted by Crippen LogP contribution is 2.26. The van der Waals surface area contributed by atoms with Crippen molar-refractivity contribution in [1.29, 1.82) is 0 Å². The molecule has 0 saturated carbocycles. The van der Waals surface area contributed by atoms with Gasteiger partial charge in [-0.1, -0.05) is 0 Å². The van der Waals surface area contributed by atoms with E-state index in [0.717, 1.165) is 0 Å². The summed E-state index contributed by atoms with van der Waals surface area (Å²) in [5.74, 6) is -1.04. The summed E-state index contributed by atoms with van der Waals surface area (Å²) in [6.07, 6.45) is -0.0275. The fourth-order valence-electron chi connectivity index (χ4n) is 0.974. The number of anilines is 1. The molecule has 0 radical (unpaired) electrons. The van der Waals surface area contributed by atoms with E-state index in [9.17, 15) is 9.90 Å². The molecule has 0 aliphatic carbocycles. The van der Waals surface area contributed by atoms with Gasteiger partial charge in [0.05, 0.1) is 12.1 Å². The lowest BCUT2D eigenvalue weighted by atomic mass is 10.2. The van der Waals surface area contributed by atoms with Crippen molar-refractivity contribution in [3.63, 3.8) is 0 Å². The molecular weight excluding hydrogens is 186 g/mol. The first kappa shape index (κ1) is 10.2. The minimum Gasteiger partial charge on any atom is -0.508 e. The molecule has 1 rings (SSSR count). The molecule has 0 aromatic heterocycles. The van der Waals surface area contributed by atoms with Crippen molar-refractivity contribution in [2.75, 3.05) is 11.9 Å². The number of aliphatic carboxylic acids is 1. The molecule has 0 unspecified atom stereocenters. The second kappa shape index (κ2) is 4.36. The summed E-state index contributed by atoms with van der Waals surface area (Å²) >= 11 is 0. The number of rotatable bonds is 4. The lowest BCUT2D eigenvalue weighted by Gasteiger charge is -2.06. The van der Waals surface area contributed by atoms with Gasteiger partial charge in [-0.25, -0.2) is 0 Å². The monoisotopic (exact) mass is 197 g/mol. The highest BCUT2D eigenvalue weighted by atomic mass is 16.4. The molecule has 76 valence electrons. The van der Waals surface area contributed by atoms with Gasteiger partial charge in [-0.05, 0) is 12.1 Å². The Labute approximate surface area is 80.6 Å². The summed E-state index contributed by atoms with van der Waals surface area (Å²) in [7, 11) is 0. The van der Waals surface area contributed by atoms with Gasteiger partial charge in [-0.15, -0.1) is 0 Å². The molecule has 5 heteroatoms. The topological polar surface area (TPSA) is 89.8 Å². The molecule has 0 fully saturated rings. The zero-order valence-electron chi connectivity index (χ0n) is 7.40. The van der Waals surface area contributed by atoms with Crippen LogP contribution >= 0.6 is 0 Å². The molecule has 14 heavy (non-hydrogen) atoms. The SMILES string of the molecule is O=C(O)CCNc1ccc(O)cc1O. The molecular formula is C9H11NO4. The van der Waals surface area contributed by atoms with Crippen LogP contribution in [0, 0.1) is 0 Å². The summed E-state index contributed by atoms with van der Waals surface area (Å²) in [6, 6.07) is 4.07. The van der Waals surface area contributed by atoms with Gasteiger partial charge in [-0.2, -0.15) is 0 Å². The first-order valence-corrected chi connectivity index (χ1v) is 4.07. The van der Waals surface area contributed by atoms with E-state index in [4.69, 9.17) is 10.2 Å². The van der Waals surface area contributed by atoms with Crippen molar-refractivity contribution in [1.82, 2.24) is 0 Å². The molecule has 1 aromatic rings. The smallest absolute Gasteiger partial charge is 0.305 e. The van der Waals surface area contributed by atoms with Gasteiger partial charge in [0.25, 0.3) is 0 Å². The maximum atomic E-state index is 10.2. The summed E-state index contributed by atoms with van der Waals surface area (Å²) < 4.78 is 0.